The van der Waals surface area contributed by atoms with Gasteiger partial charge in [-0.2, -0.15) is 0 Å². The fourth-order valence-corrected chi connectivity index (χ4v) is 1.95. The van der Waals surface area contributed by atoms with Crippen molar-refractivity contribution in [1.82, 2.24) is 10.6 Å². The number of hydrogen-bond donors (Lipinski definition) is 5. The maximum Gasteiger partial charge on any atom is 0.188 e. The highest BCUT2D eigenvalue weighted by molar-refractivity contribution is 5.30. The van der Waals surface area contributed by atoms with Crippen LogP contribution in [-0.2, 0) is 4.74 Å². The Balaban J connectivity index is 0.000000355. The molecule has 5 N–H and O–H groups in total. The predicted octanol–water partition coefficient (Wildman–Crippen LogP) is 1.57. The minimum atomic E-state index is -2.41. The van der Waals surface area contributed by atoms with Crippen LogP contribution in [0, 0.1) is 0 Å². The Kier molecular flexibility index (Phi) is 6.34. The van der Waals surface area contributed by atoms with E-state index in [-0.39, 0.29) is 23.7 Å². The Hall–Kier alpha value is -2.16. The van der Waals surface area contributed by atoms with Crippen molar-refractivity contribution < 1.29 is 35.8 Å². The van der Waals surface area contributed by atoms with Gasteiger partial charge in [0.05, 0.1) is 14.9 Å². The lowest BCUT2D eigenvalue weighted by molar-refractivity contribution is 0.0508. The molecule has 2 atom stereocenters. The molecule has 0 fully saturated rings. The highest BCUT2D eigenvalue weighted by Gasteiger charge is 2.07. The van der Waals surface area contributed by atoms with Crippen LogP contribution in [0.3, 0.4) is 0 Å². The minimum Gasteiger partial charge on any atom is -0.508 e. The first kappa shape index (κ1) is 13.1. The molecule has 0 radical (unpaired) electrons. The third-order valence-electron chi connectivity index (χ3n) is 3.20. The van der Waals surface area contributed by atoms with Gasteiger partial charge in [-0.05, 0) is 49.3 Å². The second-order valence-electron chi connectivity index (χ2n) is 5.23. The first-order valence-corrected chi connectivity index (χ1v) is 7.92. The summed E-state index contributed by atoms with van der Waals surface area (Å²) in [5.74, 6) is 0.343. The summed E-state index contributed by atoms with van der Waals surface area (Å²) in [5.41, 5.74) is 0.363. The average Bonchev–Trinajstić information content (AvgIpc) is 2.75. The highest BCUT2D eigenvalue weighted by atomic mass is 16.7. The van der Waals surface area contributed by atoms with Crippen LogP contribution < -0.4 is 15.4 Å². The number of nitrogens with one attached hydrogen (secondary N) is 2. The van der Waals surface area contributed by atoms with Crippen molar-refractivity contribution in [2.45, 2.75) is 12.2 Å². The lowest BCUT2D eigenvalue weighted by Crippen LogP contribution is -2.16. The number of benzene rings is 2. The number of aliphatic hydroxyl groups is 2. The van der Waals surface area contributed by atoms with Crippen LogP contribution in [0.25, 0.3) is 0 Å². The van der Waals surface area contributed by atoms with E-state index in [1.54, 1.807) is 12.1 Å². The summed E-state index contributed by atoms with van der Waals surface area (Å²) in [6.45, 7) is -5.64. The number of rotatable bonds is 9. The molecule has 2 aromatic carbocycles. The lowest BCUT2D eigenvalue weighted by Gasteiger charge is -2.12. The number of likely N-dealkylation sites (N-methyl/N-ethyl adjacent to an activating group) is 2. The Morgan fingerprint density at radius 3 is 2.15 bits per heavy atom. The first-order valence-electron chi connectivity index (χ1n) is 11.9. The maximum absolute atomic E-state index is 9.97. The summed E-state index contributed by atoms with van der Waals surface area (Å²) in [7, 11) is 1.48. The van der Waals surface area contributed by atoms with Crippen molar-refractivity contribution >= 4 is 0 Å². The molecule has 0 amide bonds. The summed E-state index contributed by atoms with van der Waals surface area (Å²) < 4.78 is 67.0. The van der Waals surface area contributed by atoms with E-state index in [2.05, 4.69) is 10.6 Å². The van der Waals surface area contributed by atoms with Gasteiger partial charge in [-0.1, -0.05) is 24.3 Å². The zero-order chi connectivity index (χ0) is 26.9. The number of hydrogen-bond acceptors (Lipinski definition) is 7. The van der Waals surface area contributed by atoms with Gasteiger partial charge < -0.3 is 35.4 Å². The van der Waals surface area contributed by atoms with Gasteiger partial charge in [0, 0.05) is 28.4 Å². The summed E-state index contributed by atoms with van der Waals surface area (Å²) in [6.07, 6.45) is -4.14. The lowest BCUT2D eigenvalue weighted by atomic mass is 10.1. The fraction of sp³-hybridized carbons (Fsp3) is 0.400. The Morgan fingerprint density at radius 1 is 1.00 bits per heavy atom. The molecule has 0 aromatic heterocycles. The number of phenolic OH excluding ortho intramolecular Hbond substituents is 1. The van der Waals surface area contributed by atoms with E-state index in [4.69, 9.17) is 20.4 Å². The van der Waals surface area contributed by atoms with Crippen LogP contribution in [0.4, 0.5) is 0 Å². The van der Waals surface area contributed by atoms with Gasteiger partial charge in [-0.3, -0.25) is 0 Å². The summed E-state index contributed by atoms with van der Waals surface area (Å²) in [4.78, 5) is 0. The average molecular weight is 387 g/mol. The van der Waals surface area contributed by atoms with Gasteiger partial charge >= 0.3 is 0 Å². The quantitative estimate of drug-likeness (QED) is 0.417. The van der Waals surface area contributed by atoms with Gasteiger partial charge in [-0.25, -0.2) is 0 Å². The van der Waals surface area contributed by atoms with E-state index >= 15 is 0 Å². The minimum absolute atomic E-state index is 0.0490. The zero-order valence-corrected chi connectivity index (χ0v) is 14.9. The molecule has 150 valence electrons. The first-order chi connectivity index (χ1) is 16.0. The molecule has 0 aliphatic rings. The second kappa shape index (κ2) is 13.1. The molecule has 0 aliphatic heterocycles. The molecule has 0 saturated carbocycles. The van der Waals surface area contributed by atoms with E-state index in [0.717, 1.165) is 0 Å². The highest BCUT2D eigenvalue weighted by Crippen LogP contribution is 2.19. The molecular formula is C20H30N2O5. The molecular weight excluding hydrogens is 348 g/mol. The molecule has 0 bridgehead atoms. The van der Waals surface area contributed by atoms with E-state index < -0.39 is 39.2 Å². The van der Waals surface area contributed by atoms with Crippen LogP contribution in [0.2, 0.25) is 0 Å². The van der Waals surface area contributed by atoms with Crippen LogP contribution in [-0.4, -0.2) is 56.3 Å². The molecule has 2 unspecified atom stereocenters. The van der Waals surface area contributed by atoms with E-state index in [0.29, 0.717) is 5.75 Å². The Bertz CT molecular complexity index is 923. The largest absolute Gasteiger partial charge is 0.508 e. The normalized spacial score (nSPS) is 20.3. The van der Waals surface area contributed by atoms with Crippen molar-refractivity contribution in [1.29, 1.82) is 0 Å². The van der Waals surface area contributed by atoms with Crippen molar-refractivity contribution in [2.24, 2.45) is 0 Å². The van der Waals surface area contributed by atoms with Gasteiger partial charge in [0.1, 0.15) is 11.5 Å². The van der Waals surface area contributed by atoms with Crippen LogP contribution in [0.1, 0.15) is 34.3 Å². The maximum atomic E-state index is 9.97. The Labute approximate surface area is 171 Å². The summed E-state index contributed by atoms with van der Waals surface area (Å²) in [5, 5.41) is 33.0. The summed E-state index contributed by atoms with van der Waals surface area (Å²) in [6, 6.07) is 11.8. The van der Waals surface area contributed by atoms with Crippen molar-refractivity contribution in [3.05, 3.63) is 59.7 Å². The molecule has 2 rings (SSSR count). The molecule has 7 heteroatoms. The zero-order valence-electron chi connectivity index (χ0n) is 22.9. The van der Waals surface area contributed by atoms with E-state index in [1.165, 1.54) is 43.5 Å². The van der Waals surface area contributed by atoms with Crippen molar-refractivity contribution in [3.8, 4) is 11.5 Å². The van der Waals surface area contributed by atoms with Gasteiger partial charge in [0.25, 0.3) is 0 Å². The molecule has 0 saturated heterocycles. The van der Waals surface area contributed by atoms with E-state index in [1.807, 2.05) is 0 Å². The van der Waals surface area contributed by atoms with Gasteiger partial charge in [0.15, 0.2) is 6.79 Å². The monoisotopic (exact) mass is 386 g/mol. The SMILES string of the molecule is [2H]C([2H])([2H])NCC([2H])(O)c1cccc(O)c1.[2H]C([2H])([2H])NCC([2H])(O)c1cccc(OCOC)c1. The smallest absolute Gasteiger partial charge is 0.188 e. The molecule has 0 aliphatic carbocycles. The molecule has 0 spiro atoms. The van der Waals surface area contributed by atoms with Gasteiger partial charge in [0.2, 0.25) is 0 Å². The van der Waals surface area contributed by atoms with Gasteiger partial charge in [-0.15, -0.1) is 0 Å². The Morgan fingerprint density at radius 2 is 1.59 bits per heavy atom. The van der Waals surface area contributed by atoms with Crippen molar-refractivity contribution in [2.75, 3.05) is 40.9 Å². The van der Waals surface area contributed by atoms with Crippen LogP contribution >= 0.6 is 0 Å². The molecule has 2 aromatic rings. The topological polar surface area (TPSA) is 103 Å². The fourth-order valence-electron chi connectivity index (χ4n) is 1.95. The van der Waals surface area contributed by atoms with Crippen molar-refractivity contribution in [3.63, 3.8) is 0 Å². The number of phenols is 1. The standard InChI is InChI=1S/C11H17NO3.C9H13NO2/c1-12-7-11(13)9-4-3-5-10(6-9)15-8-14-2;1-10-6-9(12)7-3-2-4-8(11)5-7/h3-6,11-13H,7-8H2,1-2H3;2-5,9-12H,6H2,1H3/i1D3,11D;1D3,9D. The third kappa shape index (κ3) is 8.85. The molecule has 27 heavy (non-hydrogen) atoms. The second-order valence-corrected chi connectivity index (χ2v) is 5.23. The number of aromatic hydroxyl groups is 1. The number of ether oxygens (including phenoxy) is 2. The predicted molar refractivity (Wildman–Crippen MR) is 105 cm³/mol. The van der Waals surface area contributed by atoms with Crippen LogP contribution in [0.5, 0.6) is 11.5 Å². The molecule has 7 nitrogen and oxygen atoms in total. The third-order valence-corrected chi connectivity index (χ3v) is 3.20. The van der Waals surface area contributed by atoms with Crippen LogP contribution in [0.15, 0.2) is 48.5 Å². The number of methoxy groups -OCH3 is 1. The summed E-state index contributed by atoms with van der Waals surface area (Å²) >= 11 is 0. The molecule has 0 heterocycles. The van der Waals surface area contributed by atoms with E-state index in [9.17, 15) is 15.3 Å².